The van der Waals surface area contributed by atoms with Crippen LogP contribution in [0, 0.1) is 0 Å². The van der Waals surface area contributed by atoms with Crippen LogP contribution < -0.4 is 21.7 Å². The van der Waals surface area contributed by atoms with Gasteiger partial charge in [-0.1, -0.05) is 42.5 Å². The number of phenols is 1. The molecule has 0 spiro atoms. The van der Waals surface area contributed by atoms with Crippen LogP contribution in [-0.2, 0) is 36.8 Å². The van der Waals surface area contributed by atoms with Crippen molar-refractivity contribution in [2.45, 2.75) is 50.4 Å². The normalized spacial score (nSPS) is 13.5. The maximum Gasteiger partial charge on any atom is 0.328 e. The molecule has 2 aromatic carbocycles. The van der Waals surface area contributed by atoms with E-state index in [1.165, 1.54) is 37.9 Å². The summed E-state index contributed by atoms with van der Waals surface area (Å²) in [7, 11) is 1.25. The average molecular weight is 581 g/mol. The molecule has 39 heavy (non-hydrogen) atoms. The van der Waals surface area contributed by atoms with Gasteiger partial charge < -0.3 is 31.5 Å². The Balaban J connectivity index is 0.00000760. The maximum absolute atomic E-state index is 13.2. The molecular formula is C27H37ClN4O6S. The first kappa shape index (κ1) is 33.7. The number of thioether (sulfide) groups is 1. The van der Waals surface area contributed by atoms with Crippen molar-refractivity contribution < 1.29 is 29.0 Å². The fraction of sp³-hybridized carbons (Fsp3) is 0.407. The van der Waals surface area contributed by atoms with Crippen molar-refractivity contribution in [3.8, 4) is 5.75 Å². The van der Waals surface area contributed by atoms with Gasteiger partial charge in [0.15, 0.2) is 0 Å². The van der Waals surface area contributed by atoms with Gasteiger partial charge in [-0.15, -0.1) is 12.4 Å². The summed E-state index contributed by atoms with van der Waals surface area (Å²) in [6.07, 6.45) is 2.65. The Hall–Kier alpha value is -3.28. The zero-order valence-corrected chi connectivity index (χ0v) is 23.8. The predicted octanol–water partition coefficient (Wildman–Crippen LogP) is 1.33. The van der Waals surface area contributed by atoms with Crippen LogP contribution in [0.5, 0.6) is 5.75 Å². The number of carbonyl (C=O) groups is 4. The van der Waals surface area contributed by atoms with Crippen LogP contribution in [0.4, 0.5) is 0 Å². The summed E-state index contributed by atoms with van der Waals surface area (Å²) in [4.78, 5) is 51.0. The van der Waals surface area contributed by atoms with Gasteiger partial charge in [-0.25, -0.2) is 4.79 Å². The zero-order chi connectivity index (χ0) is 28.1. The predicted molar refractivity (Wildman–Crippen MR) is 154 cm³/mol. The van der Waals surface area contributed by atoms with Gasteiger partial charge in [-0.3, -0.25) is 14.4 Å². The second-order valence-electron chi connectivity index (χ2n) is 8.82. The summed E-state index contributed by atoms with van der Waals surface area (Å²) in [5.74, 6) is -1.49. The Labute approximate surface area is 239 Å². The first-order chi connectivity index (χ1) is 18.1. The molecule has 0 saturated carbocycles. The minimum atomic E-state index is -1.00. The summed E-state index contributed by atoms with van der Waals surface area (Å²) < 4.78 is 4.82. The van der Waals surface area contributed by atoms with Crippen molar-refractivity contribution in [3.63, 3.8) is 0 Å². The number of benzene rings is 2. The van der Waals surface area contributed by atoms with E-state index >= 15 is 0 Å². The van der Waals surface area contributed by atoms with Gasteiger partial charge in [-0.05, 0) is 55.0 Å². The fourth-order valence-corrected chi connectivity index (χ4v) is 4.09. The van der Waals surface area contributed by atoms with Crippen molar-refractivity contribution in [1.82, 2.24) is 16.0 Å². The van der Waals surface area contributed by atoms with E-state index < -0.39 is 47.9 Å². The highest BCUT2D eigenvalue weighted by atomic mass is 35.5. The molecule has 4 atom stereocenters. The minimum Gasteiger partial charge on any atom is -0.508 e. The van der Waals surface area contributed by atoms with E-state index in [0.717, 1.165) is 11.1 Å². The number of phenolic OH excluding ortho intramolecular Hbond substituents is 1. The second-order valence-corrected chi connectivity index (χ2v) is 9.81. The number of ether oxygens (including phenoxy) is 1. The van der Waals surface area contributed by atoms with Crippen molar-refractivity contribution in [2.75, 3.05) is 19.1 Å². The van der Waals surface area contributed by atoms with E-state index in [1.54, 1.807) is 12.1 Å². The number of nitrogens with one attached hydrogen (secondary N) is 3. The number of halogens is 1. The van der Waals surface area contributed by atoms with E-state index in [4.69, 9.17) is 10.5 Å². The third kappa shape index (κ3) is 11.6. The Morgan fingerprint density at radius 2 is 1.46 bits per heavy atom. The average Bonchev–Trinajstić information content (AvgIpc) is 2.91. The molecule has 10 nitrogen and oxygen atoms in total. The highest BCUT2D eigenvalue weighted by Crippen LogP contribution is 2.11. The molecule has 214 valence electrons. The Kier molecular flexibility index (Phi) is 15.0. The van der Waals surface area contributed by atoms with Gasteiger partial charge in [0.05, 0.1) is 13.2 Å². The second kappa shape index (κ2) is 17.3. The lowest BCUT2D eigenvalue weighted by atomic mass is 10.0. The SMILES string of the molecule is COC(=O)[C@H](CCSC)NC(=O)[C@H](Cc1ccccc1)NC(=O)[C@@H](C)NC(=O)[C@@H](N)Cc1ccc(O)cc1.Cl. The quantitative estimate of drug-likeness (QED) is 0.209. The molecule has 0 heterocycles. The Morgan fingerprint density at radius 1 is 0.872 bits per heavy atom. The van der Waals surface area contributed by atoms with Gasteiger partial charge in [0.25, 0.3) is 0 Å². The molecule has 12 heteroatoms. The molecule has 2 aromatic rings. The van der Waals surface area contributed by atoms with Crippen LogP contribution in [0.2, 0.25) is 0 Å². The summed E-state index contributed by atoms with van der Waals surface area (Å²) in [6, 6.07) is 11.7. The highest BCUT2D eigenvalue weighted by molar-refractivity contribution is 7.98. The molecule has 0 unspecified atom stereocenters. The zero-order valence-electron chi connectivity index (χ0n) is 22.2. The summed E-state index contributed by atoms with van der Waals surface area (Å²) in [5.41, 5.74) is 7.57. The summed E-state index contributed by atoms with van der Waals surface area (Å²) >= 11 is 1.53. The monoisotopic (exact) mass is 580 g/mol. The number of esters is 1. The van der Waals surface area contributed by atoms with Crippen molar-refractivity contribution >= 4 is 47.9 Å². The van der Waals surface area contributed by atoms with Gasteiger partial charge in [0.1, 0.15) is 23.9 Å². The molecule has 2 rings (SSSR count). The number of rotatable bonds is 14. The minimum absolute atomic E-state index is 0. The van der Waals surface area contributed by atoms with E-state index in [0.29, 0.717) is 12.2 Å². The van der Waals surface area contributed by atoms with E-state index in [1.807, 2.05) is 36.6 Å². The van der Waals surface area contributed by atoms with Crippen LogP contribution in [0.1, 0.15) is 24.5 Å². The van der Waals surface area contributed by atoms with Crippen LogP contribution in [0.25, 0.3) is 0 Å². The lowest BCUT2D eigenvalue weighted by molar-refractivity contribution is -0.145. The summed E-state index contributed by atoms with van der Waals surface area (Å²) in [5, 5.41) is 17.4. The molecule has 0 aromatic heterocycles. The number of nitrogens with two attached hydrogens (primary N) is 1. The number of hydrogen-bond donors (Lipinski definition) is 5. The van der Waals surface area contributed by atoms with Crippen molar-refractivity contribution in [1.29, 1.82) is 0 Å². The highest BCUT2D eigenvalue weighted by Gasteiger charge is 2.29. The molecule has 6 N–H and O–H groups in total. The maximum atomic E-state index is 13.2. The molecular weight excluding hydrogens is 544 g/mol. The standard InChI is InChI=1S/C27H36N4O6S.ClH/c1-17(29-25(34)21(28)15-19-9-11-20(32)12-10-19)24(33)31-23(16-18-7-5-4-6-8-18)26(35)30-22(13-14-38-3)27(36)37-2;/h4-12,17,21-23,32H,13-16,28H2,1-3H3,(H,29,34)(H,30,35)(H,31,33);1H/t17-,21+,22+,23+;/m1./s1. The van der Waals surface area contributed by atoms with Crippen LogP contribution >= 0.6 is 24.2 Å². The van der Waals surface area contributed by atoms with Gasteiger partial charge >= 0.3 is 5.97 Å². The van der Waals surface area contributed by atoms with E-state index in [9.17, 15) is 24.3 Å². The fourth-order valence-electron chi connectivity index (χ4n) is 3.62. The number of aromatic hydroxyl groups is 1. The van der Waals surface area contributed by atoms with Crippen LogP contribution in [0.3, 0.4) is 0 Å². The molecule has 0 radical (unpaired) electrons. The van der Waals surface area contributed by atoms with Crippen LogP contribution in [0.15, 0.2) is 54.6 Å². The number of carbonyl (C=O) groups excluding carboxylic acids is 4. The molecule has 0 fully saturated rings. The Bertz CT molecular complexity index is 1070. The van der Waals surface area contributed by atoms with Crippen LogP contribution in [-0.4, -0.2) is 72.1 Å². The third-order valence-electron chi connectivity index (χ3n) is 5.81. The molecule has 0 bridgehead atoms. The number of amides is 3. The molecule has 0 aliphatic rings. The van der Waals surface area contributed by atoms with Crippen molar-refractivity contribution in [2.24, 2.45) is 5.73 Å². The topological polar surface area (TPSA) is 160 Å². The Morgan fingerprint density at radius 3 is 2.05 bits per heavy atom. The van der Waals surface area contributed by atoms with Gasteiger partial charge in [0.2, 0.25) is 17.7 Å². The lowest BCUT2D eigenvalue weighted by Gasteiger charge is -2.24. The smallest absolute Gasteiger partial charge is 0.328 e. The van der Waals surface area contributed by atoms with Gasteiger partial charge in [-0.2, -0.15) is 11.8 Å². The summed E-state index contributed by atoms with van der Waals surface area (Å²) in [6.45, 7) is 1.49. The van der Waals surface area contributed by atoms with E-state index in [-0.39, 0.29) is 31.0 Å². The van der Waals surface area contributed by atoms with Gasteiger partial charge in [0, 0.05) is 6.42 Å². The molecule has 0 saturated heterocycles. The molecule has 0 aliphatic carbocycles. The molecule has 0 aliphatic heterocycles. The third-order valence-corrected chi connectivity index (χ3v) is 6.45. The van der Waals surface area contributed by atoms with E-state index in [2.05, 4.69) is 16.0 Å². The number of hydrogen-bond acceptors (Lipinski definition) is 8. The first-order valence-corrected chi connectivity index (χ1v) is 13.6. The first-order valence-electron chi connectivity index (χ1n) is 12.2. The number of methoxy groups -OCH3 is 1. The molecule has 3 amide bonds. The lowest BCUT2D eigenvalue weighted by Crippen LogP contribution is -2.57. The largest absolute Gasteiger partial charge is 0.508 e. The van der Waals surface area contributed by atoms with Crippen molar-refractivity contribution in [3.05, 3.63) is 65.7 Å².